The van der Waals surface area contributed by atoms with Crippen LogP contribution in [0.2, 0.25) is 0 Å². The average molecular weight is 266 g/mol. The molecule has 100 valence electrons. The van der Waals surface area contributed by atoms with E-state index in [1.54, 1.807) is 48.5 Å². The number of benzene rings is 2. The summed E-state index contributed by atoms with van der Waals surface area (Å²) >= 11 is 0. The van der Waals surface area contributed by atoms with E-state index in [1.165, 1.54) is 6.92 Å². The molecule has 20 heavy (non-hydrogen) atoms. The summed E-state index contributed by atoms with van der Waals surface area (Å²) in [5.41, 5.74) is 1.69. The van der Waals surface area contributed by atoms with E-state index >= 15 is 0 Å². The maximum Gasteiger partial charge on any atom is 0.308 e. The first-order valence-electron chi connectivity index (χ1n) is 6.16. The summed E-state index contributed by atoms with van der Waals surface area (Å²) in [6.07, 6.45) is 1.64. The lowest BCUT2D eigenvalue weighted by Gasteiger charge is -2.09. The number of carbonyl (C=O) groups is 2. The third-order valence-corrected chi connectivity index (χ3v) is 2.77. The monoisotopic (exact) mass is 266 g/mol. The van der Waals surface area contributed by atoms with Gasteiger partial charge in [-0.15, -0.1) is 0 Å². The van der Waals surface area contributed by atoms with E-state index in [0.29, 0.717) is 11.1 Å². The molecule has 2 rings (SSSR count). The molecule has 2 aromatic carbocycles. The van der Waals surface area contributed by atoms with Crippen LogP contribution in [-0.2, 0) is 4.79 Å². The molecule has 0 radical (unpaired) electrons. The van der Waals surface area contributed by atoms with Crippen LogP contribution in [0, 0.1) is 0 Å². The van der Waals surface area contributed by atoms with Crippen LogP contribution in [0.25, 0.3) is 6.08 Å². The molecule has 0 heterocycles. The van der Waals surface area contributed by atoms with Crippen molar-refractivity contribution in [2.75, 3.05) is 0 Å². The van der Waals surface area contributed by atoms with Gasteiger partial charge in [-0.2, -0.15) is 0 Å². The summed E-state index contributed by atoms with van der Waals surface area (Å²) < 4.78 is 5.09. The van der Waals surface area contributed by atoms with Gasteiger partial charge >= 0.3 is 5.97 Å². The smallest absolute Gasteiger partial charge is 0.308 e. The Labute approximate surface area is 117 Å². The molecule has 0 spiro atoms. The zero-order valence-electron chi connectivity index (χ0n) is 11.1. The Balaban J connectivity index is 2.49. The molecule has 0 aliphatic carbocycles. The molecule has 0 aromatic heterocycles. The summed E-state index contributed by atoms with van der Waals surface area (Å²) in [5.74, 6) is -0.388. The first-order chi connectivity index (χ1) is 9.61. The van der Waals surface area contributed by atoms with Gasteiger partial charge in [-0.1, -0.05) is 49.1 Å². The van der Waals surface area contributed by atoms with Gasteiger partial charge in [0.15, 0.2) is 5.78 Å². The van der Waals surface area contributed by atoms with Gasteiger partial charge in [0.25, 0.3) is 0 Å². The van der Waals surface area contributed by atoms with Gasteiger partial charge in [-0.25, -0.2) is 0 Å². The number of hydrogen-bond donors (Lipinski definition) is 0. The molecule has 0 fully saturated rings. The van der Waals surface area contributed by atoms with Gasteiger partial charge in [0.2, 0.25) is 0 Å². The second-order valence-electron chi connectivity index (χ2n) is 4.25. The van der Waals surface area contributed by atoms with Gasteiger partial charge in [-0.3, -0.25) is 9.59 Å². The molecule has 2 aromatic rings. The Kier molecular flexibility index (Phi) is 4.11. The summed E-state index contributed by atoms with van der Waals surface area (Å²) in [5, 5.41) is 0. The fraction of sp³-hybridized carbons (Fsp3) is 0.0588. The predicted molar refractivity (Wildman–Crippen MR) is 77.7 cm³/mol. The van der Waals surface area contributed by atoms with Crippen molar-refractivity contribution in [2.24, 2.45) is 0 Å². The maximum absolute atomic E-state index is 12.5. The van der Waals surface area contributed by atoms with E-state index < -0.39 is 5.97 Å². The van der Waals surface area contributed by atoms with Crippen molar-refractivity contribution >= 4 is 17.8 Å². The van der Waals surface area contributed by atoms with E-state index in [0.717, 1.165) is 5.56 Å². The van der Waals surface area contributed by atoms with Crippen LogP contribution < -0.4 is 4.74 Å². The van der Waals surface area contributed by atoms with E-state index in [1.807, 2.05) is 6.07 Å². The highest BCUT2D eigenvalue weighted by atomic mass is 16.5. The van der Waals surface area contributed by atoms with Crippen molar-refractivity contribution in [2.45, 2.75) is 6.92 Å². The fourth-order valence-electron chi connectivity index (χ4n) is 1.84. The van der Waals surface area contributed by atoms with Crippen molar-refractivity contribution < 1.29 is 14.3 Å². The normalized spacial score (nSPS) is 9.85. The summed E-state index contributed by atoms with van der Waals surface area (Å²) in [7, 11) is 0. The van der Waals surface area contributed by atoms with Crippen LogP contribution in [0.5, 0.6) is 5.75 Å². The van der Waals surface area contributed by atoms with Crippen LogP contribution >= 0.6 is 0 Å². The molecule has 0 aliphatic rings. The molecular weight excluding hydrogens is 252 g/mol. The predicted octanol–water partition coefficient (Wildman–Crippen LogP) is 3.49. The van der Waals surface area contributed by atoms with Gasteiger partial charge in [0.1, 0.15) is 5.75 Å². The fourth-order valence-corrected chi connectivity index (χ4v) is 1.84. The number of rotatable bonds is 4. The SMILES string of the molecule is C=Cc1ccc(OC(C)=O)c(C(=O)c2ccccc2)c1. The topological polar surface area (TPSA) is 43.4 Å². The highest BCUT2D eigenvalue weighted by molar-refractivity contribution is 6.11. The third-order valence-electron chi connectivity index (χ3n) is 2.77. The maximum atomic E-state index is 12.5. The highest BCUT2D eigenvalue weighted by Crippen LogP contribution is 2.24. The molecule has 3 heteroatoms. The van der Waals surface area contributed by atoms with Crippen LogP contribution in [0.4, 0.5) is 0 Å². The number of carbonyl (C=O) groups excluding carboxylic acids is 2. The molecule has 0 bridgehead atoms. The minimum Gasteiger partial charge on any atom is -0.426 e. The standard InChI is InChI=1S/C17H14O3/c1-3-13-9-10-16(20-12(2)18)15(11-13)17(19)14-7-5-4-6-8-14/h3-11H,1H2,2H3. The Bertz CT molecular complexity index is 657. The molecule has 0 N–H and O–H groups in total. The number of ether oxygens (including phenoxy) is 1. The Morgan fingerprint density at radius 3 is 2.40 bits per heavy atom. The molecule has 0 atom stereocenters. The minimum absolute atomic E-state index is 0.189. The van der Waals surface area contributed by atoms with Gasteiger partial charge in [0, 0.05) is 12.5 Å². The Morgan fingerprint density at radius 1 is 1.10 bits per heavy atom. The first kappa shape index (κ1) is 13.7. The van der Waals surface area contributed by atoms with Gasteiger partial charge < -0.3 is 4.74 Å². The van der Waals surface area contributed by atoms with Crippen LogP contribution in [-0.4, -0.2) is 11.8 Å². The molecular formula is C17H14O3. The van der Waals surface area contributed by atoms with E-state index in [9.17, 15) is 9.59 Å². The molecule has 0 saturated carbocycles. The zero-order chi connectivity index (χ0) is 14.5. The number of esters is 1. The molecule has 0 amide bonds. The van der Waals surface area contributed by atoms with Crippen molar-refractivity contribution in [3.05, 3.63) is 71.8 Å². The van der Waals surface area contributed by atoms with Gasteiger partial charge in [-0.05, 0) is 17.7 Å². The highest BCUT2D eigenvalue weighted by Gasteiger charge is 2.16. The van der Waals surface area contributed by atoms with Crippen molar-refractivity contribution in [1.29, 1.82) is 0 Å². The summed E-state index contributed by atoms with van der Waals surface area (Å²) in [4.78, 5) is 23.6. The lowest BCUT2D eigenvalue weighted by molar-refractivity contribution is -0.131. The first-order valence-corrected chi connectivity index (χ1v) is 6.16. The summed E-state index contributed by atoms with van der Waals surface area (Å²) in [6, 6.07) is 13.9. The van der Waals surface area contributed by atoms with E-state index in [2.05, 4.69) is 6.58 Å². The second-order valence-corrected chi connectivity index (χ2v) is 4.25. The Morgan fingerprint density at radius 2 is 1.80 bits per heavy atom. The molecule has 0 aliphatic heterocycles. The van der Waals surface area contributed by atoms with Crippen molar-refractivity contribution in [3.8, 4) is 5.75 Å². The number of hydrogen-bond acceptors (Lipinski definition) is 3. The number of ketones is 1. The van der Waals surface area contributed by atoms with Crippen LogP contribution in [0.3, 0.4) is 0 Å². The largest absolute Gasteiger partial charge is 0.426 e. The van der Waals surface area contributed by atoms with Gasteiger partial charge in [0.05, 0.1) is 5.56 Å². The lowest BCUT2D eigenvalue weighted by Crippen LogP contribution is -2.09. The van der Waals surface area contributed by atoms with Crippen molar-refractivity contribution in [3.63, 3.8) is 0 Å². The molecule has 3 nitrogen and oxygen atoms in total. The molecule has 0 saturated heterocycles. The lowest BCUT2D eigenvalue weighted by atomic mass is 10.0. The Hall–Kier alpha value is -2.68. The summed E-state index contributed by atoms with van der Waals surface area (Å²) in [6.45, 7) is 4.98. The van der Waals surface area contributed by atoms with E-state index in [-0.39, 0.29) is 11.5 Å². The third kappa shape index (κ3) is 3.01. The minimum atomic E-state index is -0.460. The van der Waals surface area contributed by atoms with E-state index in [4.69, 9.17) is 4.74 Å². The average Bonchev–Trinajstić information content (AvgIpc) is 2.47. The zero-order valence-corrected chi connectivity index (χ0v) is 11.1. The second kappa shape index (κ2) is 5.97. The van der Waals surface area contributed by atoms with Crippen LogP contribution in [0.1, 0.15) is 28.4 Å². The van der Waals surface area contributed by atoms with Crippen LogP contribution in [0.15, 0.2) is 55.1 Å². The molecule has 0 unspecified atom stereocenters. The quantitative estimate of drug-likeness (QED) is 0.483. The van der Waals surface area contributed by atoms with Crippen molar-refractivity contribution in [1.82, 2.24) is 0 Å².